The number of hydrogen-bond acceptors (Lipinski definition) is 7. The lowest BCUT2D eigenvalue weighted by Gasteiger charge is -2.34. The number of pyridine rings is 1. The third kappa shape index (κ3) is 6.31. The fourth-order valence-electron chi connectivity index (χ4n) is 7.72. The van der Waals surface area contributed by atoms with Crippen molar-refractivity contribution in [2.75, 3.05) is 46.6 Å². The van der Waals surface area contributed by atoms with E-state index in [1.54, 1.807) is 21.7 Å². The molecule has 1 N–H and O–H groups in total. The van der Waals surface area contributed by atoms with Crippen molar-refractivity contribution in [1.82, 2.24) is 24.6 Å². The zero-order valence-corrected chi connectivity index (χ0v) is 28.5. The summed E-state index contributed by atoms with van der Waals surface area (Å²) in [5, 5.41) is 14.4. The van der Waals surface area contributed by atoms with E-state index in [2.05, 4.69) is 6.58 Å². The molecule has 0 saturated carbocycles. The summed E-state index contributed by atoms with van der Waals surface area (Å²) in [6.07, 6.45) is 3.16. The van der Waals surface area contributed by atoms with E-state index in [-0.39, 0.29) is 61.7 Å². The molecule has 2 aromatic heterocycles. The van der Waals surface area contributed by atoms with Crippen molar-refractivity contribution in [1.29, 1.82) is 0 Å². The minimum absolute atomic E-state index is 0.00506. The number of amides is 1. The first kappa shape index (κ1) is 34.8. The molecule has 0 saturated heterocycles. The molecule has 2 aromatic carbocycles. The Hall–Kier alpha value is -4.59. The number of nitrogens with zero attached hydrogens (tertiary/aromatic N) is 5. The number of alkyl halides is 2. The van der Waals surface area contributed by atoms with Gasteiger partial charge in [-0.25, -0.2) is 13.8 Å². The fourth-order valence-corrected chi connectivity index (χ4v) is 7.72. The molecule has 51 heavy (non-hydrogen) atoms. The van der Waals surface area contributed by atoms with E-state index in [4.69, 9.17) is 19.6 Å². The summed E-state index contributed by atoms with van der Waals surface area (Å²) in [7, 11) is 1.50. The Morgan fingerprint density at radius 1 is 1.08 bits per heavy atom. The molecule has 0 bridgehead atoms. The summed E-state index contributed by atoms with van der Waals surface area (Å²) < 4.78 is 74.2. The van der Waals surface area contributed by atoms with Gasteiger partial charge in [0.05, 0.1) is 55.0 Å². The number of rotatable bonds is 10. The Bertz CT molecular complexity index is 2010. The highest BCUT2D eigenvalue weighted by Crippen LogP contribution is 2.48. The van der Waals surface area contributed by atoms with E-state index in [1.165, 1.54) is 24.2 Å². The molecule has 0 fully saturated rings. The lowest BCUT2D eigenvalue weighted by Crippen LogP contribution is -2.41. The molecule has 268 valence electrons. The quantitative estimate of drug-likeness (QED) is 0.122. The van der Waals surface area contributed by atoms with Gasteiger partial charge in [-0.15, -0.1) is 0 Å². The molecule has 0 spiro atoms. The SMILES string of the molecule is C=CC(=O)N1CCn2nc(-c3nc(-c4ccc5c(c4)CN(CCO)CC5(F)F)c4c(c3-c3c(F)cc(F)cc3OCCOC)CCC4)cc2[C@H]1C. The highest BCUT2D eigenvalue weighted by atomic mass is 19.3. The molecule has 3 aliphatic rings. The van der Waals surface area contributed by atoms with Crippen LogP contribution in [0.4, 0.5) is 17.6 Å². The van der Waals surface area contributed by atoms with Gasteiger partial charge in [0.1, 0.15) is 29.7 Å². The lowest BCUT2D eigenvalue weighted by atomic mass is 9.89. The minimum atomic E-state index is -3.10. The van der Waals surface area contributed by atoms with Crippen molar-refractivity contribution in [3.8, 4) is 39.5 Å². The predicted octanol–water partition coefficient (Wildman–Crippen LogP) is 6.06. The van der Waals surface area contributed by atoms with Gasteiger partial charge < -0.3 is 19.5 Å². The van der Waals surface area contributed by atoms with Gasteiger partial charge >= 0.3 is 0 Å². The molecular weight excluding hydrogens is 666 g/mol. The number of fused-ring (bicyclic) bond motifs is 3. The summed E-state index contributed by atoms with van der Waals surface area (Å²) in [6.45, 7) is 6.21. The predicted molar refractivity (Wildman–Crippen MR) is 182 cm³/mol. The second kappa shape index (κ2) is 13.9. The summed E-state index contributed by atoms with van der Waals surface area (Å²) in [5.41, 5.74) is 5.17. The number of halogens is 4. The van der Waals surface area contributed by atoms with Gasteiger partial charge in [0.15, 0.2) is 0 Å². The molecule has 1 atom stereocenters. The van der Waals surface area contributed by atoms with E-state index in [9.17, 15) is 14.3 Å². The Labute approximate surface area is 293 Å². The first-order chi connectivity index (χ1) is 24.5. The van der Waals surface area contributed by atoms with Crippen LogP contribution in [0.3, 0.4) is 0 Å². The second-order valence-corrected chi connectivity index (χ2v) is 13.2. The molecule has 0 unspecified atom stereocenters. The third-order valence-corrected chi connectivity index (χ3v) is 10.0. The summed E-state index contributed by atoms with van der Waals surface area (Å²) in [6, 6.07) is 8.27. The van der Waals surface area contributed by atoms with Crippen LogP contribution in [0.15, 0.2) is 49.1 Å². The first-order valence-electron chi connectivity index (χ1n) is 17.1. The number of aliphatic hydroxyl groups is 1. The molecule has 7 rings (SSSR count). The summed E-state index contributed by atoms with van der Waals surface area (Å²) >= 11 is 0. The van der Waals surface area contributed by atoms with Crippen LogP contribution in [0.2, 0.25) is 0 Å². The maximum absolute atomic E-state index is 16.2. The zero-order chi connectivity index (χ0) is 36.0. The van der Waals surface area contributed by atoms with Crippen LogP contribution in [-0.2, 0) is 41.4 Å². The van der Waals surface area contributed by atoms with Crippen LogP contribution < -0.4 is 4.74 Å². The van der Waals surface area contributed by atoms with Gasteiger partial charge in [-0.05, 0) is 61.1 Å². The van der Waals surface area contributed by atoms with E-state index >= 15 is 13.2 Å². The maximum Gasteiger partial charge on any atom is 0.285 e. The largest absolute Gasteiger partial charge is 0.490 e. The Kier molecular flexibility index (Phi) is 9.46. The number of carbonyl (C=O) groups is 1. The average molecular weight is 706 g/mol. The number of carbonyl (C=O) groups excluding carboxylic acids is 1. The number of benzene rings is 2. The molecule has 1 aliphatic carbocycles. The maximum atomic E-state index is 16.2. The van der Waals surface area contributed by atoms with Crippen LogP contribution in [-0.4, -0.2) is 82.1 Å². The van der Waals surface area contributed by atoms with Gasteiger partial charge in [-0.2, -0.15) is 13.9 Å². The van der Waals surface area contributed by atoms with Crippen LogP contribution in [0.25, 0.3) is 33.8 Å². The molecule has 2 aliphatic heterocycles. The number of β-amino-alcohol motifs (C(OH)–C–C–N with tert-alkyl or cyclic N) is 1. The Balaban J connectivity index is 1.46. The van der Waals surface area contributed by atoms with Crippen LogP contribution in [0.5, 0.6) is 5.75 Å². The van der Waals surface area contributed by atoms with Crippen molar-refractivity contribution in [2.45, 2.75) is 51.2 Å². The zero-order valence-electron chi connectivity index (χ0n) is 28.5. The fraction of sp³-hybridized carbons (Fsp3) is 0.395. The van der Waals surface area contributed by atoms with Crippen LogP contribution in [0.1, 0.15) is 47.3 Å². The molecular formula is C38H39F4N5O4. The highest BCUT2D eigenvalue weighted by Gasteiger charge is 2.40. The van der Waals surface area contributed by atoms with Gasteiger partial charge in [-0.3, -0.25) is 14.4 Å². The standard InChI is InChI=1S/C38H39F4N5O4/c1-4-33(49)46-10-11-47-31(22(46)2)19-30(44-47)37-34(35-29(40)17-25(39)18-32(35)51-15-14-50-3)26-6-5-7-27(26)36(43-37)23-8-9-28-24(16-23)20-45(12-13-48)21-38(28,41)42/h4,8-9,16-19,22,48H,1,5-7,10-15,20-21H2,2-3H3/t22-/m1/s1. The van der Waals surface area contributed by atoms with E-state index < -0.39 is 24.1 Å². The third-order valence-electron chi connectivity index (χ3n) is 10.0. The molecule has 0 radical (unpaired) electrons. The van der Waals surface area contributed by atoms with Gasteiger partial charge in [0.25, 0.3) is 5.92 Å². The van der Waals surface area contributed by atoms with Crippen LogP contribution >= 0.6 is 0 Å². The summed E-state index contributed by atoms with van der Waals surface area (Å²) in [5.74, 6) is -4.94. The number of aromatic nitrogens is 3. The smallest absolute Gasteiger partial charge is 0.285 e. The summed E-state index contributed by atoms with van der Waals surface area (Å²) in [4.78, 5) is 21.1. The second-order valence-electron chi connectivity index (χ2n) is 13.2. The van der Waals surface area contributed by atoms with Gasteiger partial charge in [-0.1, -0.05) is 18.7 Å². The number of aliphatic hydroxyl groups excluding tert-OH is 1. The monoisotopic (exact) mass is 705 g/mol. The Morgan fingerprint density at radius 3 is 2.65 bits per heavy atom. The molecule has 1 amide bonds. The lowest BCUT2D eigenvalue weighted by molar-refractivity contribution is -0.129. The topological polar surface area (TPSA) is 93.0 Å². The van der Waals surface area contributed by atoms with Crippen molar-refractivity contribution < 1.29 is 36.9 Å². The number of hydrogen-bond donors (Lipinski definition) is 1. The molecule has 4 aromatic rings. The molecule has 4 heterocycles. The van der Waals surface area contributed by atoms with Gasteiger partial charge in [0, 0.05) is 55.6 Å². The van der Waals surface area contributed by atoms with Crippen molar-refractivity contribution in [3.63, 3.8) is 0 Å². The van der Waals surface area contributed by atoms with E-state index in [0.29, 0.717) is 59.7 Å². The molecule has 13 heteroatoms. The molecule has 9 nitrogen and oxygen atoms in total. The van der Waals surface area contributed by atoms with Crippen molar-refractivity contribution >= 4 is 5.91 Å². The van der Waals surface area contributed by atoms with Gasteiger partial charge in [0.2, 0.25) is 5.91 Å². The Morgan fingerprint density at radius 2 is 1.88 bits per heavy atom. The van der Waals surface area contributed by atoms with Crippen LogP contribution in [0, 0.1) is 11.6 Å². The van der Waals surface area contributed by atoms with Crippen molar-refractivity contribution in [2.24, 2.45) is 0 Å². The highest BCUT2D eigenvalue weighted by molar-refractivity contribution is 5.90. The minimum Gasteiger partial charge on any atom is -0.490 e. The normalized spacial score (nSPS) is 17.9. The average Bonchev–Trinajstić information content (AvgIpc) is 3.76. The van der Waals surface area contributed by atoms with E-state index in [0.717, 1.165) is 35.4 Å². The van der Waals surface area contributed by atoms with E-state index in [1.807, 2.05) is 13.0 Å². The van der Waals surface area contributed by atoms with Crippen molar-refractivity contribution in [3.05, 3.63) is 88.6 Å². The number of methoxy groups -OCH3 is 1. The number of ether oxygens (including phenoxy) is 2. The first-order valence-corrected chi connectivity index (χ1v) is 17.1.